The van der Waals surface area contributed by atoms with Crippen LogP contribution in [0.15, 0.2) is 103 Å². The summed E-state index contributed by atoms with van der Waals surface area (Å²) in [5.74, 6) is 0.194. The molecule has 2 heterocycles. The summed E-state index contributed by atoms with van der Waals surface area (Å²) in [4.78, 5) is 9.80. The van der Waals surface area contributed by atoms with E-state index < -0.39 is 0 Å². The van der Waals surface area contributed by atoms with E-state index in [1.165, 1.54) is 4.70 Å². The van der Waals surface area contributed by atoms with Gasteiger partial charge in [0.05, 0.1) is 15.9 Å². The summed E-state index contributed by atoms with van der Waals surface area (Å²) < 4.78 is 1.18. The van der Waals surface area contributed by atoms with E-state index in [0.29, 0.717) is 5.52 Å². The Labute approximate surface area is 199 Å². The van der Waals surface area contributed by atoms with Crippen molar-refractivity contribution in [2.45, 2.75) is 0 Å². The molecule has 0 radical (unpaired) electrons. The molecule has 0 aliphatic rings. The van der Waals surface area contributed by atoms with Gasteiger partial charge in [0.15, 0.2) is 0 Å². The van der Waals surface area contributed by atoms with Crippen LogP contribution in [0.5, 0.6) is 5.75 Å². The molecule has 0 amide bonds. The molecule has 4 heteroatoms. The Morgan fingerprint density at radius 1 is 0.618 bits per heavy atom. The number of pyridine rings is 1. The lowest BCUT2D eigenvalue weighted by Crippen LogP contribution is -1.90. The Hall–Kier alpha value is -4.28. The predicted molar refractivity (Wildman–Crippen MR) is 142 cm³/mol. The van der Waals surface area contributed by atoms with E-state index in [0.717, 1.165) is 54.3 Å². The van der Waals surface area contributed by atoms with Crippen molar-refractivity contribution < 1.29 is 5.11 Å². The van der Waals surface area contributed by atoms with Crippen LogP contribution in [0.25, 0.3) is 64.5 Å². The van der Waals surface area contributed by atoms with Crippen molar-refractivity contribution in [3.05, 3.63) is 103 Å². The van der Waals surface area contributed by atoms with E-state index in [1.54, 1.807) is 17.4 Å². The number of thiazole rings is 1. The number of aromatic hydroxyl groups is 1. The monoisotopic (exact) mass is 454 g/mol. The maximum Gasteiger partial charge on any atom is 0.141 e. The first-order chi connectivity index (χ1) is 16.7. The Bertz CT molecular complexity index is 1850. The van der Waals surface area contributed by atoms with Gasteiger partial charge in [0.1, 0.15) is 16.3 Å². The van der Waals surface area contributed by atoms with Crippen LogP contribution in [-0.2, 0) is 0 Å². The van der Waals surface area contributed by atoms with Gasteiger partial charge in [-0.2, -0.15) is 0 Å². The molecule has 34 heavy (non-hydrogen) atoms. The Morgan fingerprint density at radius 3 is 2.35 bits per heavy atom. The van der Waals surface area contributed by atoms with Crippen LogP contribution in [0.1, 0.15) is 0 Å². The normalized spacial score (nSPS) is 11.6. The van der Waals surface area contributed by atoms with Crippen molar-refractivity contribution in [3.63, 3.8) is 0 Å². The zero-order valence-electron chi connectivity index (χ0n) is 18.1. The van der Waals surface area contributed by atoms with Crippen molar-refractivity contribution in [1.29, 1.82) is 0 Å². The lowest BCUT2D eigenvalue weighted by molar-refractivity contribution is 0.480. The first-order valence-corrected chi connectivity index (χ1v) is 12.0. The Morgan fingerprint density at radius 2 is 1.41 bits per heavy atom. The number of para-hydroxylation sites is 2. The van der Waals surface area contributed by atoms with E-state index in [2.05, 4.69) is 66.7 Å². The standard InChI is InChI=1S/C30H18N2OS/c33-26-10-5-7-18-14-15-25(31-29(18)26)28-22-8-2-1-6-19(22)16-20-12-13-21(17-23(20)28)30-32-24-9-3-4-11-27(24)34-30/h1-17,33H. The highest BCUT2D eigenvalue weighted by molar-refractivity contribution is 7.21. The third kappa shape index (κ3) is 2.96. The van der Waals surface area contributed by atoms with Gasteiger partial charge in [0.2, 0.25) is 0 Å². The molecule has 0 bridgehead atoms. The van der Waals surface area contributed by atoms with Gasteiger partial charge in [-0.1, -0.05) is 66.7 Å². The molecule has 7 aromatic rings. The average molecular weight is 455 g/mol. The van der Waals surface area contributed by atoms with Crippen LogP contribution in [0.4, 0.5) is 0 Å². The number of aromatic nitrogens is 2. The molecule has 5 aromatic carbocycles. The number of nitrogens with zero attached hydrogens (tertiary/aromatic N) is 2. The van der Waals surface area contributed by atoms with Crippen LogP contribution in [0, 0.1) is 0 Å². The van der Waals surface area contributed by atoms with Crippen LogP contribution in [-0.4, -0.2) is 15.1 Å². The number of phenolic OH excluding ortho intramolecular Hbond substituents is 1. The second-order valence-corrected chi connectivity index (χ2v) is 9.47. The van der Waals surface area contributed by atoms with Crippen LogP contribution in [0.2, 0.25) is 0 Å². The van der Waals surface area contributed by atoms with Gasteiger partial charge in [0.25, 0.3) is 0 Å². The maximum absolute atomic E-state index is 10.5. The van der Waals surface area contributed by atoms with Crippen molar-refractivity contribution >= 4 is 54.0 Å². The van der Waals surface area contributed by atoms with Gasteiger partial charge in [-0.05, 0) is 57.9 Å². The second kappa shape index (κ2) is 7.37. The van der Waals surface area contributed by atoms with Crippen molar-refractivity contribution in [2.24, 2.45) is 0 Å². The predicted octanol–water partition coefficient (Wildman–Crippen LogP) is 8.19. The third-order valence-electron chi connectivity index (χ3n) is 6.36. The minimum absolute atomic E-state index is 0.194. The first-order valence-electron chi connectivity index (χ1n) is 11.2. The van der Waals surface area contributed by atoms with Gasteiger partial charge in [-0.3, -0.25) is 0 Å². The maximum atomic E-state index is 10.5. The van der Waals surface area contributed by atoms with Crippen LogP contribution in [0.3, 0.4) is 0 Å². The Kier molecular flexibility index (Phi) is 4.16. The molecule has 0 atom stereocenters. The fourth-order valence-corrected chi connectivity index (χ4v) is 5.70. The number of benzene rings is 5. The second-order valence-electron chi connectivity index (χ2n) is 8.44. The molecule has 160 valence electrons. The number of phenols is 1. The first kappa shape index (κ1) is 19.2. The molecule has 1 N–H and O–H groups in total. The molecular weight excluding hydrogens is 436 g/mol. The van der Waals surface area contributed by atoms with Crippen molar-refractivity contribution in [2.75, 3.05) is 0 Å². The van der Waals surface area contributed by atoms with E-state index in [4.69, 9.17) is 9.97 Å². The highest BCUT2D eigenvalue weighted by Crippen LogP contribution is 2.39. The lowest BCUT2D eigenvalue weighted by Gasteiger charge is -2.13. The molecule has 3 nitrogen and oxygen atoms in total. The highest BCUT2D eigenvalue weighted by atomic mass is 32.1. The Balaban J connectivity index is 1.55. The van der Waals surface area contributed by atoms with Gasteiger partial charge < -0.3 is 5.11 Å². The van der Waals surface area contributed by atoms with Gasteiger partial charge in [-0.25, -0.2) is 9.97 Å². The van der Waals surface area contributed by atoms with Crippen molar-refractivity contribution in [3.8, 4) is 27.6 Å². The molecule has 0 unspecified atom stereocenters. The zero-order valence-corrected chi connectivity index (χ0v) is 18.9. The minimum Gasteiger partial charge on any atom is -0.506 e. The lowest BCUT2D eigenvalue weighted by atomic mass is 9.93. The van der Waals surface area contributed by atoms with E-state index >= 15 is 0 Å². The minimum atomic E-state index is 0.194. The zero-order chi connectivity index (χ0) is 22.6. The fraction of sp³-hybridized carbons (Fsp3) is 0. The van der Waals surface area contributed by atoms with Crippen LogP contribution >= 0.6 is 11.3 Å². The number of rotatable bonds is 2. The summed E-state index contributed by atoms with van der Waals surface area (Å²) in [6.45, 7) is 0. The topological polar surface area (TPSA) is 46.0 Å². The number of hydrogen-bond acceptors (Lipinski definition) is 4. The van der Waals surface area contributed by atoms with E-state index in [9.17, 15) is 5.11 Å². The molecule has 0 aliphatic carbocycles. The molecular formula is C30H18N2OS. The number of hydrogen-bond donors (Lipinski definition) is 1. The van der Waals surface area contributed by atoms with E-state index in [-0.39, 0.29) is 5.75 Å². The SMILES string of the molecule is Oc1cccc2ccc(-c3c4ccccc4cc4ccc(-c5nc6ccccc6s5)cc34)nc12. The van der Waals surface area contributed by atoms with Gasteiger partial charge in [-0.15, -0.1) is 11.3 Å². The average Bonchev–Trinajstić information content (AvgIpc) is 3.32. The summed E-state index contributed by atoms with van der Waals surface area (Å²) in [5, 5.41) is 17.0. The quantitative estimate of drug-likeness (QED) is 0.268. The van der Waals surface area contributed by atoms with E-state index in [1.807, 2.05) is 30.3 Å². The summed E-state index contributed by atoms with van der Waals surface area (Å²) >= 11 is 1.71. The van der Waals surface area contributed by atoms with Gasteiger partial charge >= 0.3 is 0 Å². The molecule has 0 fully saturated rings. The van der Waals surface area contributed by atoms with Crippen LogP contribution < -0.4 is 0 Å². The molecule has 0 spiro atoms. The largest absolute Gasteiger partial charge is 0.506 e. The van der Waals surface area contributed by atoms with Crippen molar-refractivity contribution in [1.82, 2.24) is 9.97 Å². The highest BCUT2D eigenvalue weighted by Gasteiger charge is 2.15. The molecule has 0 saturated heterocycles. The molecule has 7 rings (SSSR count). The summed E-state index contributed by atoms with van der Waals surface area (Å²) in [6.07, 6.45) is 0. The summed E-state index contributed by atoms with van der Waals surface area (Å²) in [7, 11) is 0. The summed E-state index contributed by atoms with van der Waals surface area (Å²) in [6, 6.07) is 35.0. The smallest absolute Gasteiger partial charge is 0.141 e. The molecule has 0 aliphatic heterocycles. The molecule has 0 saturated carbocycles. The summed E-state index contributed by atoms with van der Waals surface area (Å²) in [5.41, 5.74) is 4.64. The third-order valence-corrected chi connectivity index (χ3v) is 7.45. The number of fused-ring (bicyclic) bond motifs is 4. The molecule has 2 aromatic heterocycles. The fourth-order valence-electron chi connectivity index (χ4n) is 4.74. The van der Waals surface area contributed by atoms with Gasteiger partial charge in [0, 0.05) is 16.5 Å².